The van der Waals surface area contributed by atoms with Gasteiger partial charge in [0.2, 0.25) is 0 Å². The van der Waals surface area contributed by atoms with E-state index in [1.165, 1.54) is 22.7 Å². The van der Waals surface area contributed by atoms with E-state index in [2.05, 4.69) is 39.6 Å². The molecule has 0 aliphatic carbocycles. The second kappa shape index (κ2) is 8.75. The fraction of sp³-hybridized carbons (Fsp3) is 0.136. The molecule has 0 amide bonds. The molecule has 0 N–H and O–H groups in total. The number of hydrogen-bond donors (Lipinski definition) is 0. The molecule has 0 saturated heterocycles. The quantitative estimate of drug-likeness (QED) is 0.407. The maximum atomic E-state index is 6.52. The highest BCUT2D eigenvalue weighted by Crippen LogP contribution is 2.37. The molecule has 7 heteroatoms. The van der Waals surface area contributed by atoms with Gasteiger partial charge in [-0.25, -0.2) is 4.68 Å². The molecule has 0 saturated carbocycles. The van der Waals surface area contributed by atoms with Crippen LogP contribution in [0, 0.1) is 0 Å². The Balaban J connectivity index is 1.60. The van der Waals surface area contributed by atoms with Crippen LogP contribution in [-0.4, -0.2) is 27.7 Å². The minimum absolute atomic E-state index is 0.384. The summed E-state index contributed by atoms with van der Waals surface area (Å²) in [5, 5.41) is 14.5. The number of fused-ring (bicyclic) bond motifs is 1. The summed E-state index contributed by atoms with van der Waals surface area (Å²) in [4.78, 5) is 0. The average Bonchev–Trinajstić information content (AvgIpc) is 3.26. The van der Waals surface area contributed by atoms with Crippen LogP contribution in [0.3, 0.4) is 0 Å². The molecule has 0 aliphatic heterocycles. The summed E-state index contributed by atoms with van der Waals surface area (Å²) in [5.41, 5.74) is 1.87. The van der Waals surface area contributed by atoms with E-state index in [1.54, 1.807) is 12.3 Å². The Hall–Kier alpha value is -3.38. The van der Waals surface area contributed by atoms with Gasteiger partial charge in [-0.1, -0.05) is 54.1 Å². The van der Waals surface area contributed by atoms with Crippen molar-refractivity contribution in [2.45, 2.75) is 13.5 Å². The van der Waals surface area contributed by atoms with Gasteiger partial charge in [0.15, 0.2) is 11.5 Å². The lowest BCUT2D eigenvalue weighted by atomic mass is 10.1. The molecule has 4 rings (SSSR count). The molecule has 0 radical (unpaired) electrons. The van der Waals surface area contributed by atoms with Gasteiger partial charge in [0.25, 0.3) is 0 Å². The van der Waals surface area contributed by atoms with Gasteiger partial charge in [0.1, 0.15) is 19.3 Å². The first-order chi connectivity index (χ1) is 14.2. The monoisotopic (exact) mass is 406 g/mol. The van der Waals surface area contributed by atoms with Gasteiger partial charge in [-0.15, -0.1) is 10.2 Å². The van der Waals surface area contributed by atoms with Gasteiger partial charge in [-0.05, 0) is 41.0 Å². The first-order valence-electron chi connectivity index (χ1n) is 9.19. The van der Waals surface area contributed by atoms with Gasteiger partial charge in [0.05, 0.1) is 17.8 Å². The first kappa shape index (κ1) is 19.0. The lowest BCUT2D eigenvalue weighted by Gasteiger charge is -2.15. The number of aromatic nitrogens is 3. The normalized spacial score (nSPS) is 11.2. The zero-order chi connectivity index (χ0) is 20.1. The highest BCUT2D eigenvalue weighted by molar-refractivity contribution is 6.32. The summed E-state index contributed by atoms with van der Waals surface area (Å²) in [6, 6.07) is 18.0. The molecule has 0 spiro atoms. The molecule has 1 heterocycles. The summed E-state index contributed by atoms with van der Waals surface area (Å²) in [5.74, 6) is 1.09. The first-order valence-corrected chi connectivity index (χ1v) is 9.57. The van der Waals surface area contributed by atoms with E-state index in [0.29, 0.717) is 29.7 Å². The SMILES string of the molecule is CCOc1cc(/C=N\n2cnnc2)cc(Cl)c1OCc1cccc2ccccc12. The standard InChI is InChI=1S/C22H19ClN4O2/c1-2-28-21-11-16(12-26-27-14-24-25-15-27)10-20(23)22(21)29-13-18-8-5-7-17-6-3-4-9-19(17)18/h3-12,14-15H,2,13H2,1H3/b26-12-. The third-order valence-corrected chi connectivity index (χ3v) is 4.61. The van der Waals surface area contributed by atoms with Crippen molar-refractivity contribution in [3.05, 3.63) is 83.4 Å². The van der Waals surface area contributed by atoms with Crippen molar-refractivity contribution in [3.63, 3.8) is 0 Å². The number of benzene rings is 3. The van der Waals surface area contributed by atoms with Crippen molar-refractivity contribution in [3.8, 4) is 11.5 Å². The predicted octanol–water partition coefficient (Wildman–Crippen LogP) is 4.94. The maximum Gasteiger partial charge on any atom is 0.180 e. The Morgan fingerprint density at radius 2 is 1.83 bits per heavy atom. The van der Waals surface area contributed by atoms with Crippen molar-refractivity contribution in [1.82, 2.24) is 14.9 Å². The van der Waals surface area contributed by atoms with Crippen molar-refractivity contribution < 1.29 is 9.47 Å². The largest absolute Gasteiger partial charge is 0.490 e. The Bertz CT molecular complexity index is 1140. The smallest absolute Gasteiger partial charge is 0.180 e. The van der Waals surface area contributed by atoms with Crippen LogP contribution in [0.25, 0.3) is 10.8 Å². The Labute approximate surface area is 173 Å². The summed E-state index contributed by atoms with van der Waals surface area (Å²) in [7, 11) is 0. The van der Waals surface area contributed by atoms with Crippen LogP contribution in [0.15, 0.2) is 72.4 Å². The third kappa shape index (κ3) is 4.38. The minimum atomic E-state index is 0.384. The Kier molecular flexibility index (Phi) is 5.72. The zero-order valence-corrected chi connectivity index (χ0v) is 16.6. The van der Waals surface area contributed by atoms with Gasteiger partial charge in [-0.2, -0.15) is 5.10 Å². The van der Waals surface area contributed by atoms with Gasteiger partial charge in [-0.3, -0.25) is 0 Å². The minimum Gasteiger partial charge on any atom is -0.490 e. The zero-order valence-electron chi connectivity index (χ0n) is 15.8. The number of hydrogen-bond acceptors (Lipinski definition) is 5. The van der Waals surface area contributed by atoms with Crippen LogP contribution in [-0.2, 0) is 6.61 Å². The fourth-order valence-corrected chi connectivity index (χ4v) is 3.30. The second-order valence-electron chi connectivity index (χ2n) is 6.28. The highest BCUT2D eigenvalue weighted by atomic mass is 35.5. The van der Waals surface area contributed by atoms with Crippen molar-refractivity contribution in [2.75, 3.05) is 6.61 Å². The van der Waals surface area contributed by atoms with E-state index in [9.17, 15) is 0 Å². The fourth-order valence-electron chi connectivity index (χ4n) is 3.02. The van der Waals surface area contributed by atoms with Crippen molar-refractivity contribution >= 4 is 28.6 Å². The van der Waals surface area contributed by atoms with Crippen LogP contribution in [0.5, 0.6) is 11.5 Å². The number of halogens is 1. The molecule has 1 aromatic heterocycles. The molecule has 0 unspecified atom stereocenters. The summed E-state index contributed by atoms with van der Waals surface area (Å²) < 4.78 is 13.4. The van der Waals surface area contributed by atoms with Gasteiger partial charge >= 0.3 is 0 Å². The molecule has 0 bridgehead atoms. The maximum absolute atomic E-state index is 6.52. The summed E-state index contributed by atoms with van der Waals surface area (Å²) in [6.07, 6.45) is 4.67. The predicted molar refractivity (Wildman–Crippen MR) is 114 cm³/mol. The Morgan fingerprint density at radius 1 is 1.03 bits per heavy atom. The number of nitrogens with zero attached hydrogens (tertiary/aromatic N) is 4. The van der Waals surface area contributed by atoms with Crippen LogP contribution in [0.4, 0.5) is 0 Å². The summed E-state index contributed by atoms with van der Waals surface area (Å²) >= 11 is 6.52. The lowest BCUT2D eigenvalue weighted by Crippen LogP contribution is -2.02. The van der Waals surface area contributed by atoms with E-state index < -0.39 is 0 Å². The van der Waals surface area contributed by atoms with Crippen LogP contribution >= 0.6 is 11.6 Å². The van der Waals surface area contributed by atoms with Crippen molar-refractivity contribution in [2.24, 2.45) is 5.10 Å². The molecular formula is C22H19ClN4O2. The van der Waals surface area contributed by atoms with E-state index in [-0.39, 0.29) is 0 Å². The average molecular weight is 407 g/mol. The lowest BCUT2D eigenvalue weighted by molar-refractivity contribution is 0.270. The topological polar surface area (TPSA) is 61.5 Å². The molecule has 4 aromatic rings. The van der Waals surface area contributed by atoms with Crippen LogP contribution in [0.2, 0.25) is 5.02 Å². The molecule has 0 fully saturated rings. The molecule has 6 nitrogen and oxygen atoms in total. The number of rotatable bonds is 7. The molecule has 0 atom stereocenters. The second-order valence-corrected chi connectivity index (χ2v) is 6.68. The molecular weight excluding hydrogens is 388 g/mol. The van der Waals surface area contributed by atoms with E-state index in [1.807, 2.05) is 31.2 Å². The van der Waals surface area contributed by atoms with Crippen LogP contribution in [0.1, 0.15) is 18.1 Å². The summed E-state index contributed by atoms with van der Waals surface area (Å²) in [6.45, 7) is 2.79. The van der Waals surface area contributed by atoms with E-state index in [4.69, 9.17) is 21.1 Å². The molecule has 29 heavy (non-hydrogen) atoms. The van der Waals surface area contributed by atoms with Crippen LogP contribution < -0.4 is 9.47 Å². The molecule has 146 valence electrons. The highest BCUT2D eigenvalue weighted by Gasteiger charge is 2.13. The van der Waals surface area contributed by atoms with E-state index >= 15 is 0 Å². The molecule has 0 aliphatic rings. The Morgan fingerprint density at radius 3 is 2.66 bits per heavy atom. The van der Waals surface area contributed by atoms with E-state index in [0.717, 1.165) is 16.5 Å². The van der Waals surface area contributed by atoms with Gasteiger partial charge in [0, 0.05) is 0 Å². The third-order valence-electron chi connectivity index (χ3n) is 4.33. The van der Waals surface area contributed by atoms with Gasteiger partial charge < -0.3 is 9.47 Å². The number of ether oxygens (including phenoxy) is 2. The van der Waals surface area contributed by atoms with Crippen molar-refractivity contribution in [1.29, 1.82) is 0 Å². The molecule has 3 aromatic carbocycles.